The quantitative estimate of drug-likeness (QED) is 0.496. The van der Waals surface area contributed by atoms with E-state index in [1.807, 2.05) is 0 Å². The number of benzene rings is 2. The van der Waals surface area contributed by atoms with Crippen molar-refractivity contribution < 1.29 is 13.2 Å². The average Bonchev–Trinajstić information content (AvgIpc) is 2.53. The van der Waals surface area contributed by atoms with E-state index in [0.29, 0.717) is 11.3 Å². The number of anilines is 2. The lowest BCUT2D eigenvalue weighted by molar-refractivity contribution is -0.137. The molecule has 0 fully saturated rings. The number of nitrogens with zero attached hydrogens (tertiary/aromatic N) is 1. The molecule has 2 aromatic carbocycles. The van der Waals surface area contributed by atoms with Gasteiger partial charge < -0.3 is 10.7 Å². The van der Waals surface area contributed by atoms with Gasteiger partial charge in [0.1, 0.15) is 0 Å². The normalized spacial score (nSPS) is 12.2. The number of alkyl halides is 3. The summed E-state index contributed by atoms with van der Waals surface area (Å²) in [6.07, 6.45) is -4.57. The molecule has 0 aliphatic rings. The van der Waals surface area contributed by atoms with Crippen molar-refractivity contribution in [2.45, 2.75) is 6.18 Å². The summed E-state index contributed by atoms with van der Waals surface area (Å²) in [4.78, 5) is 0. The van der Waals surface area contributed by atoms with E-state index in [4.69, 9.17) is 34.8 Å². The largest absolute Gasteiger partial charge is 0.761 e. The Morgan fingerprint density at radius 1 is 1.04 bits per heavy atom. The lowest BCUT2D eigenvalue weighted by Crippen LogP contribution is -2.06. The third-order valence-corrected chi connectivity index (χ3v) is 3.78. The molecule has 0 heterocycles. The number of hydrogen-bond donors (Lipinski definition) is 2. The molecular formula is C14H8Cl3F3N3O-. The molecule has 0 saturated carbocycles. The summed E-state index contributed by atoms with van der Waals surface area (Å²) in [7, 11) is 0. The van der Waals surface area contributed by atoms with Gasteiger partial charge in [0.25, 0.3) is 0 Å². The van der Waals surface area contributed by atoms with Gasteiger partial charge >= 0.3 is 6.18 Å². The number of rotatable bonds is 4. The molecule has 0 spiro atoms. The van der Waals surface area contributed by atoms with Crippen LogP contribution in [0.25, 0.3) is 0 Å². The zero-order valence-electron chi connectivity index (χ0n) is 11.6. The monoisotopic (exact) mass is 396 g/mol. The second-order valence-electron chi connectivity index (χ2n) is 4.51. The summed E-state index contributed by atoms with van der Waals surface area (Å²) in [5.74, 6) is 0. The van der Waals surface area contributed by atoms with Gasteiger partial charge in [-0.1, -0.05) is 34.8 Å². The molecule has 10 heteroatoms. The maximum atomic E-state index is 12.7. The maximum absolute atomic E-state index is 12.7. The molecule has 0 atom stereocenters. The minimum atomic E-state index is -4.57. The van der Waals surface area contributed by atoms with Gasteiger partial charge in [0.05, 0.1) is 21.3 Å². The van der Waals surface area contributed by atoms with Crippen LogP contribution in [0, 0.1) is 5.21 Å². The Kier molecular flexibility index (Phi) is 5.82. The summed E-state index contributed by atoms with van der Waals surface area (Å²) in [5, 5.41) is 13.8. The fourth-order valence-electron chi connectivity index (χ4n) is 1.69. The van der Waals surface area contributed by atoms with E-state index >= 15 is 0 Å². The first-order valence-electron chi connectivity index (χ1n) is 6.26. The van der Waals surface area contributed by atoms with Crippen molar-refractivity contribution >= 4 is 51.3 Å². The van der Waals surface area contributed by atoms with Crippen molar-refractivity contribution in [3.63, 3.8) is 0 Å². The Hall–Kier alpha value is -1.67. The molecule has 24 heavy (non-hydrogen) atoms. The van der Waals surface area contributed by atoms with E-state index in [2.05, 4.69) is 10.5 Å². The highest BCUT2D eigenvalue weighted by Gasteiger charge is 2.32. The fraction of sp³-hybridized carbons (Fsp3) is 0.0714. The number of nitrogens with one attached hydrogen (secondary N) is 2. The van der Waals surface area contributed by atoms with Crippen LogP contribution >= 0.6 is 34.8 Å². The summed E-state index contributed by atoms with van der Waals surface area (Å²) < 4.78 is 38.0. The van der Waals surface area contributed by atoms with Crippen molar-refractivity contribution in [3.05, 3.63) is 62.8 Å². The highest BCUT2D eigenvalue weighted by atomic mass is 35.5. The lowest BCUT2D eigenvalue weighted by Gasteiger charge is -2.12. The molecule has 0 radical (unpaired) electrons. The molecule has 0 aliphatic carbocycles. The molecule has 0 amide bonds. The van der Waals surface area contributed by atoms with Crippen molar-refractivity contribution in [1.82, 2.24) is 0 Å². The molecule has 0 aromatic heterocycles. The maximum Gasteiger partial charge on any atom is 0.416 e. The van der Waals surface area contributed by atoms with Gasteiger partial charge in [-0.05, 0) is 36.4 Å². The summed E-state index contributed by atoms with van der Waals surface area (Å²) in [6.45, 7) is 0. The zero-order chi connectivity index (χ0) is 17.9. The summed E-state index contributed by atoms with van der Waals surface area (Å²) in [6, 6.07) is 7.49. The second kappa shape index (κ2) is 7.48. The van der Waals surface area contributed by atoms with Crippen molar-refractivity contribution in [3.8, 4) is 0 Å². The van der Waals surface area contributed by atoms with Crippen LogP contribution < -0.4 is 10.9 Å². The van der Waals surface area contributed by atoms with Crippen LogP contribution in [0.15, 0.2) is 41.5 Å². The van der Waals surface area contributed by atoms with Crippen molar-refractivity contribution in [2.24, 2.45) is 5.10 Å². The van der Waals surface area contributed by atoms with E-state index in [1.54, 1.807) is 5.48 Å². The van der Waals surface area contributed by atoms with E-state index in [-0.39, 0.29) is 20.9 Å². The van der Waals surface area contributed by atoms with Crippen molar-refractivity contribution in [1.29, 1.82) is 0 Å². The highest BCUT2D eigenvalue weighted by Crippen LogP contribution is 2.38. The minimum absolute atomic E-state index is 0.000481. The standard InChI is InChI=1S/C14H8Cl3F3N3O/c15-10-5-8(14(18,19)20)6-11(16)12(10)21-22-13(17)7-1-3-9(23-24)4-2-7/h1-6,21,23H/q-1/b22-13-. The fourth-order valence-corrected chi connectivity index (χ4v) is 2.43. The molecule has 0 saturated heterocycles. The molecule has 2 N–H and O–H groups in total. The van der Waals surface area contributed by atoms with E-state index in [0.717, 1.165) is 12.1 Å². The van der Waals surface area contributed by atoms with E-state index in [9.17, 15) is 18.4 Å². The Morgan fingerprint density at radius 2 is 1.58 bits per heavy atom. The molecule has 4 nitrogen and oxygen atoms in total. The van der Waals surface area contributed by atoms with Gasteiger partial charge in [0.2, 0.25) is 0 Å². The predicted molar refractivity (Wildman–Crippen MR) is 90.9 cm³/mol. The molecule has 0 aliphatic heterocycles. The first kappa shape index (κ1) is 18.7. The first-order valence-corrected chi connectivity index (χ1v) is 7.40. The number of hydrazone groups is 1. The molecule has 2 rings (SSSR count). The van der Waals surface area contributed by atoms with Gasteiger partial charge in [-0.3, -0.25) is 5.43 Å². The van der Waals surface area contributed by atoms with Crippen LogP contribution in [0.3, 0.4) is 0 Å². The topological polar surface area (TPSA) is 59.5 Å². The van der Waals surface area contributed by atoms with E-state index in [1.165, 1.54) is 24.3 Å². The van der Waals surface area contributed by atoms with Crippen LogP contribution in [0.2, 0.25) is 10.0 Å². The molecule has 0 bridgehead atoms. The second-order valence-corrected chi connectivity index (χ2v) is 5.68. The SMILES string of the molecule is [O-]Nc1ccc(/C(Cl)=N/Nc2c(Cl)cc(C(F)(F)F)cc2Cl)cc1. The Labute approximate surface area is 149 Å². The van der Waals surface area contributed by atoms with Gasteiger partial charge in [-0.15, -0.1) is 0 Å². The summed E-state index contributed by atoms with van der Waals surface area (Å²) in [5.41, 5.74) is 3.97. The Morgan fingerprint density at radius 3 is 2.04 bits per heavy atom. The highest BCUT2D eigenvalue weighted by molar-refractivity contribution is 6.69. The minimum Gasteiger partial charge on any atom is -0.761 e. The van der Waals surface area contributed by atoms with Crippen LogP contribution in [-0.4, -0.2) is 5.17 Å². The van der Waals surface area contributed by atoms with Crippen LogP contribution in [0.5, 0.6) is 0 Å². The Balaban J connectivity index is 2.24. The number of hydrogen-bond acceptors (Lipinski definition) is 4. The molecule has 128 valence electrons. The lowest BCUT2D eigenvalue weighted by atomic mass is 10.2. The molecule has 2 aromatic rings. The van der Waals surface area contributed by atoms with Crippen LogP contribution in [0.1, 0.15) is 11.1 Å². The third kappa shape index (κ3) is 4.45. The predicted octanol–water partition coefficient (Wildman–Crippen LogP) is 5.93. The number of halogens is 6. The zero-order valence-corrected chi connectivity index (χ0v) is 13.9. The van der Waals surface area contributed by atoms with Gasteiger partial charge in [-0.2, -0.15) is 18.3 Å². The van der Waals surface area contributed by atoms with Gasteiger partial charge in [0, 0.05) is 11.3 Å². The van der Waals surface area contributed by atoms with Crippen molar-refractivity contribution in [2.75, 3.05) is 10.9 Å². The first-order chi connectivity index (χ1) is 11.2. The van der Waals surface area contributed by atoms with Gasteiger partial charge in [0.15, 0.2) is 5.17 Å². The van der Waals surface area contributed by atoms with Gasteiger partial charge in [-0.25, -0.2) is 0 Å². The van der Waals surface area contributed by atoms with E-state index < -0.39 is 11.7 Å². The third-order valence-electron chi connectivity index (χ3n) is 2.88. The summed E-state index contributed by atoms with van der Waals surface area (Å²) >= 11 is 17.6. The van der Waals surface area contributed by atoms with Crippen LogP contribution in [-0.2, 0) is 6.18 Å². The molecular weight excluding hydrogens is 390 g/mol. The smallest absolute Gasteiger partial charge is 0.416 e. The van der Waals surface area contributed by atoms with Crippen LogP contribution in [0.4, 0.5) is 24.5 Å². The average molecular weight is 398 g/mol. The molecule has 0 unspecified atom stereocenters. The Bertz CT molecular complexity index is 741.